The maximum Gasteiger partial charge on any atom is 0.279 e. The van der Waals surface area contributed by atoms with Gasteiger partial charge in [-0.15, -0.1) is 0 Å². The standard InChI is InChI=1S/C15H23N3O2S/c19-21(20,18-10-2-1-3-11-18)17-12-14-7-4-6-13-8-5-9-16-15(13)14/h4,6-7,16-17H,1-3,5,8-12H2. The Balaban J connectivity index is 1.70. The van der Waals surface area contributed by atoms with E-state index >= 15 is 0 Å². The molecule has 2 heterocycles. The molecule has 21 heavy (non-hydrogen) atoms. The quantitative estimate of drug-likeness (QED) is 0.892. The summed E-state index contributed by atoms with van der Waals surface area (Å²) in [5.41, 5.74) is 3.44. The number of hydrogen-bond donors (Lipinski definition) is 2. The van der Waals surface area contributed by atoms with E-state index in [0.717, 1.165) is 49.9 Å². The average molecular weight is 309 g/mol. The van der Waals surface area contributed by atoms with Crippen molar-refractivity contribution in [3.8, 4) is 0 Å². The largest absolute Gasteiger partial charge is 0.385 e. The highest BCUT2D eigenvalue weighted by Gasteiger charge is 2.23. The molecule has 2 aliphatic rings. The molecule has 5 nitrogen and oxygen atoms in total. The summed E-state index contributed by atoms with van der Waals surface area (Å²) in [6, 6.07) is 6.12. The number of anilines is 1. The van der Waals surface area contributed by atoms with Gasteiger partial charge in [0.1, 0.15) is 0 Å². The van der Waals surface area contributed by atoms with Gasteiger partial charge in [0.25, 0.3) is 10.2 Å². The third kappa shape index (κ3) is 3.39. The maximum absolute atomic E-state index is 12.3. The summed E-state index contributed by atoms with van der Waals surface area (Å²) in [6.07, 6.45) is 5.25. The lowest BCUT2D eigenvalue weighted by molar-refractivity contribution is 0.341. The summed E-state index contributed by atoms with van der Waals surface area (Å²) in [6.45, 7) is 2.60. The van der Waals surface area contributed by atoms with Gasteiger partial charge < -0.3 is 5.32 Å². The molecule has 0 atom stereocenters. The number of nitrogens with zero attached hydrogens (tertiary/aromatic N) is 1. The lowest BCUT2D eigenvalue weighted by Gasteiger charge is -2.26. The molecule has 2 N–H and O–H groups in total. The Labute approximate surface area is 126 Å². The van der Waals surface area contributed by atoms with Crippen molar-refractivity contribution in [2.45, 2.75) is 38.6 Å². The fourth-order valence-corrected chi connectivity index (χ4v) is 4.35. The second-order valence-corrected chi connectivity index (χ2v) is 7.52. The summed E-state index contributed by atoms with van der Waals surface area (Å²) in [5, 5.41) is 3.40. The van der Waals surface area contributed by atoms with Gasteiger partial charge in [-0.05, 0) is 36.8 Å². The van der Waals surface area contributed by atoms with E-state index in [4.69, 9.17) is 0 Å². The smallest absolute Gasteiger partial charge is 0.279 e. The van der Waals surface area contributed by atoms with Crippen LogP contribution in [0.4, 0.5) is 5.69 Å². The Morgan fingerprint density at radius 3 is 2.76 bits per heavy atom. The number of fused-ring (bicyclic) bond motifs is 1. The first-order chi connectivity index (χ1) is 10.2. The van der Waals surface area contributed by atoms with Crippen LogP contribution in [0.5, 0.6) is 0 Å². The van der Waals surface area contributed by atoms with Crippen LogP contribution in [-0.2, 0) is 23.2 Å². The van der Waals surface area contributed by atoms with Gasteiger partial charge in [-0.2, -0.15) is 17.4 Å². The first kappa shape index (κ1) is 14.8. The molecular weight excluding hydrogens is 286 g/mol. The molecule has 3 rings (SSSR count). The van der Waals surface area contributed by atoms with Crippen molar-refractivity contribution in [2.24, 2.45) is 0 Å². The van der Waals surface area contributed by atoms with Gasteiger partial charge in [0.05, 0.1) is 0 Å². The van der Waals surface area contributed by atoms with Crippen LogP contribution in [0.3, 0.4) is 0 Å². The molecule has 1 saturated heterocycles. The second-order valence-electron chi connectivity index (χ2n) is 5.77. The molecule has 116 valence electrons. The second kappa shape index (κ2) is 6.34. The lowest BCUT2D eigenvalue weighted by atomic mass is 9.99. The van der Waals surface area contributed by atoms with E-state index in [0.29, 0.717) is 19.6 Å². The zero-order valence-electron chi connectivity index (χ0n) is 12.3. The third-order valence-corrected chi connectivity index (χ3v) is 5.82. The van der Waals surface area contributed by atoms with E-state index in [2.05, 4.69) is 16.1 Å². The van der Waals surface area contributed by atoms with Crippen molar-refractivity contribution in [1.82, 2.24) is 9.03 Å². The van der Waals surface area contributed by atoms with E-state index in [1.807, 2.05) is 12.1 Å². The number of benzene rings is 1. The van der Waals surface area contributed by atoms with E-state index < -0.39 is 10.2 Å². The van der Waals surface area contributed by atoms with Crippen LogP contribution in [0.25, 0.3) is 0 Å². The maximum atomic E-state index is 12.3. The first-order valence-electron chi connectivity index (χ1n) is 7.76. The highest BCUT2D eigenvalue weighted by Crippen LogP contribution is 2.26. The minimum atomic E-state index is -3.35. The van der Waals surface area contributed by atoms with Crippen LogP contribution >= 0.6 is 0 Å². The highest BCUT2D eigenvalue weighted by molar-refractivity contribution is 7.87. The topological polar surface area (TPSA) is 61.4 Å². The monoisotopic (exact) mass is 309 g/mol. The molecule has 0 aromatic heterocycles. The average Bonchev–Trinajstić information content (AvgIpc) is 2.54. The molecule has 1 aromatic rings. The summed E-state index contributed by atoms with van der Waals surface area (Å²) in [4.78, 5) is 0. The minimum absolute atomic E-state index is 0.356. The van der Waals surface area contributed by atoms with E-state index in [1.54, 1.807) is 4.31 Å². The third-order valence-electron chi connectivity index (χ3n) is 4.26. The van der Waals surface area contributed by atoms with Crippen molar-refractivity contribution in [3.05, 3.63) is 29.3 Å². The van der Waals surface area contributed by atoms with Crippen molar-refractivity contribution in [1.29, 1.82) is 0 Å². The molecule has 0 saturated carbocycles. The Kier molecular flexibility index (Phi) is 4.47. The van der Waals surface area contributed by atoms with E-state index in [-0.39, 0.29) is 0 Å². The lowest BCUT2D eigenvalue weighted by Crippen LogP contribution is -2.43. The van der Waals surface area contributed by atoms with Crippen LogP contribution in [0, 0.1) is 0 Å². The van der Waals surface area contributed by atoms with Crippen molar-refractivity contribution in [2.75, 3.05) is 25.0 Å². The number of aryl methyl sites for hydroxylation is 1. The Morgan fingerprint density at radius 1 is 1.14 bits per heavy atom. The molecule has 0 spiro atoms. The zero-order valence-corrected chi connectivity index (χ0v) is 13.1. The molecular formula is C15H23N3O2S. The predicted octanol–water partition coefficient (Wildman–Crippen LogP) is 1.86. The minimum Gasteiger partial charge on any atom is -0.385 e. The van der Waals surface area contributed by atoms with Crippen LogP contribution < -0.4 is 10.0 Å². The summed E-state index contributed by atoms with van der Waals surface area (Å²) < 4.78 is 29.0. The number of para-hydroxylation sites is 1. The van der Waals surface area contributed by atoms with Crippen molar-refractivity contribution < 1.29 is 8.42 Å². The molecule has 0 amide bonds. The molecule has 2 aliphatic heterocycles. The number of hydrogen-bond acceptors (Lipinski definition) is 3. The normalized spacial score (nSPS) is 19.8. The Bertz CT molecular complexity index is 595. The molecule has 0 aliphatic carbocycles. The van der Waals surface area contributed by atoms with Crippen LogP contribution in [0.2, 0.25) is 0 Å². The van der Waals surface area contributed by atoms with Crippen LogP contribution in [0.1, 0.15) is 36.8 Å². The fraction of sp³-hybridized carbons (Fsp3) is 0.600. The van der Waals surface area contributed by atoms with E-state index in [1.165, 1.54) is 5.56 Å². The molecule has 0 unspecified atom stereocenters. The number of nitrogens with one attached hydrogen (secondary N) is 2. The van der Waals surface area contributed by atoms with Gasteiger partial charge >= 0.3 is 0 Å². The van der Waals surface area contributed by atoms with Gasteiger partial charge in [-0.3, -0.25) is 0 Å². The molecule has 1 fully saturated rings. The van der Waals surface area contributed by atoms with Gasteiger partial charge in [0.15, 0.2) is 0 Å². The van der Waals surface area contributed by atoms with Gasteiger partial charge in [0, 0.05) is 31.9 Å². The van der Waals surface area contributed by atoms with Gasteiger partial charge in [-0.25, -0.2) is 0 Å². The van der Waals surface area contributed by atoms with Crippen molar-refractivity contribution >= 4 is 15.9 Å². The predicted molar refractivity (Wildman–Crippen MR) is 84.4 cm³/mol. The number of rotatable bonds is 4. The SMILES string of the molecule is O=S(=O)(NCc1cccc2c1NCCC2)N1CCCCC1. The Morgan fingerprint density at radius 2 is 1.95 bits per heavy atom. The fourth-order valence-electron chi connectivity index (χ4n) is 3.09. The number of piperidine rings is 1. The summed E-state index contributed by atoms with van der Waals surface area (Å²) in [7, 11) is -3.35. The van der Waals surface area contributed by atoms with Crippen LogP contribution in [-0.4, -0.2) is 32.4 Å². The molecule has 1 aromatic carbocycles. The van der Waals surface area contributed by atoms with Gasteiger partial charge in [0.2, 0.25) is 0 Å². The Hall–Kier alpha value is -1.11. The van der Waals surface area contributed by atoms with E-state index in [9.17, 15) is 8.42 Å². The van der Waals surface area contributed by atoms with Gasteiger partial charge in [-0.1, -0.05) is 24.6 Å². The molecule has 0 bridgehead atoms. The first-order valence-corrected chi connectivity index (χ1v) is 9.20. The van der Waals surface area contributed by atoms with Crippen LogP contribution in [0.15, 0.2) is 18.2 Å². The highest BCUT2D eigenvalue weighted by atomic mass is 32.2. The molecule has 6 heteroatoms. The summed E-state index contributed by atoms with van der Waals surface area (Å²) in [5.74, 6) is 0. The zero-order chi connectivity index (χ0) is 14.7. The summed E-state index contributed by atoms with van der Waals surface area (Å²) >= 11 is 0. The van der Waals surface area contributed by atoms with Crippen molar-refractivity contribution in [3.63, 3.8) is 0 Å². The molecule has 0 radical (unpaired) electrons.